The number of benzene rings is 1. The largest absolute Gasteiger partial charge is 0.417 e. The van der Waals surface area contributed by atoms with Gasteiger partial charge in [0.15, 0.2) is 5.58 Å². The highest BCUT2D eigenvalue weighted by Crippen LogP contribution is 2.18. The first-order valence-corrected chi connectivity index (χ1v) is 6.44. The molecule has 1 heterocycles. The molecule has 0 saturated heterocycles. The summed E-state index contributed by atoms with van der Waals surface area (Å²) in [5.41, 5.74) is 2.34. The summed E-state index contributed by atoms with van der Waals surface area (Å²) in [5.74, 6) is 0.317. The van der Waals surface area contributed by atoms with E-state index >= 15 is 0 Å². The molecule has 0 bridgehead atoms. The molecule has 0 amide bonds. The second-order valence-corrected chi connectivity index (χ2v) is 5.24. The van der Waals surface area contributed by atoms with Gasteiger partial charge in [-0.05, 0) is 43.9 Å². The molecular weight excluding hydrogens is 228 g/mol. The van der Waals surface area contributed by atoms with E-state index in [2.05, 4.69) is 31.1 Å². The zero-order chi connectivity index (χ0) is 13.1. The van der Waals surface area contributed by atoms with Gasteiger partial charge in [0, 0.05) is 11.7 Å². The van der Waals surface area contributed by atoms with Crippen LogP contribution in [0.1, 0.15) is 33.6 Å². The van der Waals surface area contributed by atoms with Gasteiger partial charge in [0.1, 0.15) is 0 Å². The van der Waals surface area contributed by atoms with Crippen molar-refractivity contribution in [1.82, 2.24) is 4.98 Å². The average molecular weight is 248 g/mol. The topological polar surface area (TPSA) is 58.0 Å². The monoisotopic (exact) mass is 248 g/mol. The Hall–Kier alpha value is -1.71. The standard InChI is InChI=1S/C14H20N2O2/c1-9(2)4-5-10(3)15-11-6-7-13-12(8-11)16-14(17)18-13/h6-10,15H,4-5H2,1-3H3,(H,16,17). The summed E-state index contributed by atoms with van der Waals surface area (Å²) in [6, 6.07) is 6.07. The third kappa shape index (κ3) is 3.15. The number of hydrogen-bond donors (Lipinski definition) is 2. The van der Waals surface area contributed by atoms with Crippen LogP contribution >= 0.6 is 0 Å². The normalized spacial score (nSPS) is 13.1. The summed E-state index contributed by atoms with van der Waals surface area (Å²) in [5, 5.41) is 3.43. The Labute approximate surface area is 106 Å². The number of fused-ring (bicyclic) bond motifs is 1. The van der Waals surface area contributed by atoms with Crippen molar-refractivity contribution in [2.45, 2.75) is 39.7 Å². The van der Waals surface area contributed by atoms with Crippen LogP contribution in [-0.2, 0) is 0 Å². The number of nitrogens with one attached hydrogen (secondary N) is 2. The highest BCUT2D eigenvalue weighted by atomic mass is 16.4. The van der Waals surface area contributed by atoms with Gasteiger partial charge in [0.25, 0.3) is 0 Å². The smallest absolute Gasteiger partial charge is 0.408 e. The fraction of sp³-hybridized carbons (Fsp3) is 0.500. The van der Waals surface area contributed by atoms with Crippen molar-refractivity contribution in [1.29, 1.82) is 0 Å². The van der Waals surface area contributed by atoms with E-state index in [4.69, 9.17) is 4.42 Å². The quantitative estimate of drug-likeness (QED) is 0.853. The van der Waals surface area contributed by atoms with Crippen LogP contribution in [0.5, 0.6) is 0 Å². The van der Waals surface area contributed by atoms with E-state index in [-0.39, 0.29) is 0 Å². The van der Waals surface area contributed by atoms with Gasteiger partial charge in [0.05, 0.1) is 5.52 Å². The molecule has 0 aliphatic carbocycles. The maximum Gasteiger partial charge on any atom is 0.417 e. The molecule has 1 atom stereocenters. The van der Waals surface area contributed by atoms with E-state index in [0.717, 1.165) is 23.5 Å². The highest BCUT2D eigenvalue weighted by molar-refractivity contribution is 5.76. The van der Waals surface area contributed by atoms with Crippen molar-refractivity contribution in [2.24, 2.45) is 5.92 Å². The molecule has 18 heavy (non-hydrogen) atoms. The fourth-order valence-electron chi connectivity index (χ4n) is 1.98. The number of aromatic amines is 1. The molecule has 0 aliphatic heterocycles. The van der Waals surface area contributed by atoms with Crippen molar-refractivity contribution >= 4 is 16.8 Å². The van der Waals surface area contributed by atoms with Crippen LogP contribution in [0.4, 0.5) is 5.69 Å². The third-order valence-corrected chi connectivity index (χ3v) is 3.01. The van der Waals surface area contributed by atoms with Crippen LogP contribution in [0.25, 0.3) is 11.1 Å². The summed E-state index contributed by atoms with van der Waals surface area (Å²) in [7, 11) is 0. The molecule has 0 fully saturated rings. The summed E-state index contributed by atoms with van der Waals surface area (Å²) >= 11 is 0. The lowest BCUT2D eigenvalue weighted by Crippen LogP contribution is -2.15. The van der Waals surface area contributed by atoms with Crippen molar-refractivity contribution in [3.05, 3.63) is 28.7 Å². The van der Waals surface area contributed by atoms with Crippen molar-refractivity contribution in [2.75, 3.05) is 5.32 Å². The van der Waals surface area contributed by atoms with Gasteiger partial charge in [-0.2, -0.15) is 0 Å². The molecule has 4 nitrogen and oxygen atoms in total. The van der Waals surface area contributed by atoms with Crippen LogP contribution < -0.4 is 11.1 Å². The fourth-order valence-corrected chi connectivity index (χ4v) is 1.98. The molecule has 2 N–H and O–H groups in total. The van der Waals surface area contributed by atoms with Gasteiger partial charge < -0.3 is 9.73 Å². The molecule has 1 unspecified atom stereocenters. The predicted octanol–water partition coefficient (Wildman–Crippen LogP) is 3.36. The lowest BCUT2D eigenvalue weighted by atomic mass is 10.0. The molecular formula is C14H20N2O2. The van der Waals surface area contributed by atoms with Crippen LogP contribution in [-0.4, -0.2) is 11.0 Å². The van der Waals surface area contributed by atoms with Gasteiger partial charge in [-0.25, -0.2) is 4.79 Å². The van der Waals surface area contributed by atoms with Crippen LogP contribution in [0.3, 0.4) is 0 Å². The maximum absolute atomic E-state index is 11.1. The molecule has 0 aliphatic rings. The van der Waals surface area contributed by atoms with E-state index in [1.54, 1.807) is 0 Å². The molecule has 1 aromatic carbocycles. The molecule has 2 aromatic rings. The maximum atomic E-state index is 11.1. The van der Waals surface area contributed by atoms with Gasteiger partial charge in [-0.15, -0.1) is 0 Å². The number of anilines is 1. The molecule has 2 rings (SSSR count). The summed E-state index contributed by atoms with van der Waals surface area (Å²) in [6.45, 7) is 6.63. The number of oxazole rings is 1. The summed E-state index contributed by atoms with van der Waals surface area (Å²) in [6.07, 6.45) is 2.34. The number of H-pyrrole nitrogens is 1. The number of aromatic nitrogens is 1. The first-order chi connectivity index (χ1) is 8.54. The highest BCUT2D eigenvalue weighted by Gasteiger charge is 2.06. The van der Waals surface area contributed by atoms with E-state index in [9.17, 15) is 4.79 Å². The minimum Gasteiger partial charge on any atom is -0.408 e. The molecule has 0 spiro atoms. The van der Waals surface area contributed by atoms with Crippen LogP contribution in [0, 0.1) is 5.92 Å². The Morgan fingerprint density at radius 3 is 2.78 bits per heavy atom. The van der Waals surface area contributed by atoms with Crippen molar-refractivity contribution in [3.63, 3.8) is 0 Å². The lowest BCUT2D eigenvalue weighted by molar-refractivity contribution is 0.528. The number of hydrogen-bond acceptors (Lipinski definition) is 3. The van der Waals surface area contributed by atoms with Gasteiger partial charge in [-0.3, -0.25) is 4.98 Å². The average Bonchev–Trinajstić information content (AvgIpc) is 2.66. The Bertz CT molecular complexity index is 568. The van der Waals surface area contributed by atoms with Crippen molar-refractivity contribution < 1.29 is 4.42 Å². The minimum atomic E-state index is -0.407. The first-order valence-electron chi connectivity index (χ1n) is 6.44. The SMILES string of the molecule is CC(C)CCC(C)Nc1ccc2oc(=O)[nH]c2c1. The van der Waals surface area contributed by atoms with E-state index in [0.29, 0.717) is 11.6 Å². The number of rotatable bonds is 5. The second-order valence-electron chi connectivity index (χ2n) is 5.24. The molecule has 0 saturated carbocycles. The van der Waals surface area contributed by atoms with Gasteiger partial charge in [-0.1, -0.05) is 13.8 Å². The van der Waals surface area contributed by atoms with Crippen molar-refractivity contribution in [3.8, 4) is 0 Å². The van der Waals surface area contributed by atoms with Crippen LogP contribution in [0.2, 0.25) is 0 Å². The Balaban J connectivity index is 2.04. The zero-order valence-electron chi connectivity index (χ0n) is 11.1. The lowest BCUT2D eigenvalue weighted by Gasteiger charge is -2.16. The predicted molar refractivity (Wildman–Crippen MR) is 74.0 cm³/mol. The Kier molecular flexibility index (Phi) is 3.75. The molecule has 0 radical (unpaired) electrons. The van der Waals surface area contributed by atoms with Crippen LogP contribution in [0.15, 0.2) is 27.4 Å². The first kappa shape index (κ1) is 12.7. The van der Waals surface area contributed by atoms with Gasteiger partial charge in [0.2, 0.25) is 0 Å². The summed E-state index contributed by atoms with van der Waals surface area (Å²) in [4.78, 5) is 13.7. The summed E-state index contributed by atoms with van der Waals surface area (Å²) < 4.78 is 4.97. The second kappa shape index (κ2) is 5.29. The molecule has 1 aromatic heterocycles. The minimum absolute atomic E-state index is 0.407. The molecule has 98 valence electrons. The zero-order valence-corrected chi connectivity index (χ0v) is 11.1. The molecule has 4 heteroatoms. The Morgan fingerprint density at radius 1 is 1.28 bits per heavy atom. The van der Waals surface area contributed by atoms with E-state index in [1.807, 2.05) is 18.2 Å². The van der Waals surface area contributed by atoms with E-state index in [1.165, 1.54) is 6.42 Å². The van der Waals surface area contributed by atoms with Gasteiger partial charge >= 0.3 is 5.76 Å². The third-order valence-electron chi connectivity index (χ3n) is 3.01. The Morgan fingerprint density at radius 2 is 2.06 bits per heavy atom. The van der Waals surface area contributed by atoms with E-state index < -0.39 is 5.76 Å².